The number of carbonyl (C=O) groups excluding carboxylic acids is 1. The van der Waals surface area contributed by atoms with E-state index in [1.165, 1.54) is 0 Å². The molecule has 0 unspecified atom stereocenters. The number of morpholine rings is 1. The standard InChI is InChI=1S/C15H23ClN4O2/c1-10-15(16)11(2)20(17-10)9-14(21)19-6-7-22-13-4-5-18(3)8-12(13)19/h12-13H,4-9H2,1-3H3/t12-,13-/m1/s1. The number of amides is 1. The third kappa shape index (κ3) is 2.87. The molecule has 1 amide bonds. The number of fused-ring (bicyclic) bond motifs is 1. The number of nitrogens with zero attached hydrogens (tertiary/aromatic N) is 4. The zero-order chi connectivity index (χ0) is 15.9. The molecule has 2 atom stereocenters. The number of aromatic nitrogens is 2. The number of hydrogen-bond acceptors (Lipinski definition) is 4. The van der Waals surface area contributed by atoms with Crippen LogP contribution in [0.4, 0.5) is 0 Å². The zero-order valence-corrected chi connectivity index (χ0v) is 14.1. The number of hydrogen-bond donors (Lipinski definition) is 0. The molecule has 7 heteroatoms. The molecule has 0 bridgehead atoms. The molecule has 6 nitrogen and oxygen atoms in total. The van der Waals surface area contributed by atoms with E-state index < -0.39 is 0 Å². The lowest BCUT2D eigenvalue weighted by atomic mass is 9.99. The van der Waals surface area contributed by atoms with Gasteiger partial charge in [-0.2, -0.15) is 5.10 Å². The van der Waals surface area contributed by atoms with Gasteiger partial charge >= 0.3 is 0 Å². The molecule has 2 aliphatic heterocycles. The largest absolute Gasteiger partial charge is 0.374 e. The van der Waals surface area contributed by atoms with Crippen molar-refractivity contribution in [1.82, 2.24) is 19.6 Å². The highest BCUT2D eigenvalue weighted by Crippen LogP contribution is 2.24. The summed E-state index contributed by atoms with van der Waals surface area (Å²) < 4.78 is 7.55. The van der Waals surface area contributed by atoms with Crippen molar-refractivity contribution in [3.63, 3.8) is 0 Å². The van der Waals surface area contributed by atoms with Crippen LogP contribution >= 0.6 is 11.6 Å². The minimum Gasteiger partial charge on any atom is -0.374 e. The van der Waals surface area contributed by atoms with Crippen LogP contribution in [0, 0.1) is 13.8 Å². The van der Waals surface area contributed by atoms with Crippen LogP contribution in [0.15, 0.2) is 0 Å². The zero-order valence-electron chi connectivity index (χ0n) is 13.4. The highest BCUT2D eigenvalue weighted by Gasteiger charge is 2.38. The summed E-state index contributed by atoms with van der Waals surface area (Å²) in [6.45, 7) is 7.16. The summed E-state index contributed by atoms with van der Waals surface area (Å²) in [6.07, 6.45) is 1.15. The maximum atomic E-state index is 12.7. The van der Waals surface area contributed by atoms with Crippen LogP contribution in [0.1, 0.15) is 17.8 Å². The van der Waals surface area contributed by atoms with Gasteiger partial charge in [-0.15, -0.1) is 0 Å². The fraction of sp³-hybridized carbons (Fsp3) is 0.733. The van der Waals surface area contributed by atoms with E-state index in [2.05, 4.69) is 17.0 Å². The van der Waals surface area contributed by atoms with Crippen molar-refractivity contribution < 1.29 is 9.53 Å². The van der Waals surface area contributed by atoms with E-state index >= 15 is 0 Å². The fourth-order valence-corrected chi connectivity index (χ4v) is 3.52. The molecule has 0 aromatic carbocycles. The van der Waals surface area contributed by atoms with Gasteiger partial charge in [0.15, 0.2) is 0 Å². The van der Waals surface area contributed by atoms with E-state index in [4.69, 9.17) is 16.3 Å². The average molecular weight is 327 g/mol. The number of piperidine rings is 1. The summed E-state index contributed by atoms with van der Waals surface area (Å²) in [6, 6.07) is 0.146. The topological polar surface area (TPSA) is 50.6 Å². The molecule has 122 valence electrons. The van der Waals surface area contributed by atoms with Crippen LogP contribution < -0.4 is 0 Å². The molecule has 0 N–H and O–H groups in total. The first kappa shape index (κ1) is 15.8. The number of rotatable bonds is 2. The van der Waals surface area contributed by atoms with Gasteiger partial charge in [-0.05, 0) is 27.3 Å². The van der Waals surface area contributed by atoms with Gasteiger partial charge in [-0.25, -0.2) is 0 Å². The number of ether oxygens (including phenoxy) is 1. The van der Waals surface area contributed by atoms with Gasteiger partial charge in [0.1, 0.15) is 6.54 Å². The molecule has 22 heavy (non-hydrogen) atoms. The smallest absolute Gasteiger partial charge is 0.244 e. The van der Waals surface area contributed by atoms with Crippen molar-refractivity contribution in [1.29, 1.82) is 0 Å². The lowest BCUT2D eigenvalue weighted by Gasteiger charge is -2.46. The number of aryl methyl sites for hydroxylation is 1. The van der Waals surface area contributed by atoms with Crippen LogP contribution in [-0.4, -0.2) is 70.9 Å². The monoisotopic (exact) mass is 326 g/mol. The first-order valence-electron chi connectivity index (χ1n) is 7.76. The Morgan fingerprint density at radius 2 is 2.18 bits per heavy atom. The minimum atomic E-state index is 0.0934. The van der Waals surface area contributed by atoms with Crippen molar-refractivity contribution in [2.45, 2.75) is 39.0 Å². The number of likely N-dealkylation sites (tertiary alicyclic amines) is 1. The second-order valence-electron chi connectivity index (χ2n) is 6.26. The molecule has 3 heterocycles. The molecule has 0 aliphatic carbocycles. The Bertz CT molecular complexity index is 574. The van der Waals surface area contributed by atoms with Crippen LogP contribution in [0.5, 0.6) is 0 Å². The van der Waals surface area contributed by atoms with Crippen molar-refractivity contribution in [3.05, 3.63) is 16.4 Å². The Hall–Kier alpha value is -1.11. The molecule has 1 aromatic rings. The van der Waals surface area contributed by atoms with Crippen molar-refractivity contribution in [2.24, 2.45) is 0 Å². The molecule has 2 saturated heterocycles. The molecule has 2 fully saturated rings. The normalized spacial score (nSPS) is 26.1. The average Bonchev–Trinajstić information content (AvgIpc) is 2.73. The molecule has 3 rings (SSSR count). The fourth-order valence-electron chi connectivity index (χ4n) is 3.39. The van der Waals surface area contributed by atoms with E-state index in [0.717, 1.165) is 30.9 Å². The van der Waals surface area contributed by atoms with E-state index in [9.17, 15) is 4.79 Å². The van der Waals surface area contributed by atoms with Crippen molar-refractivity contribution in [2.75, 3.05) is 33.3 Å². The summed E-state index contributed by atoms with van der Waals surface area (Å²) >= 11 is 6.16. The van der Waals surface area contributed by atoms with Gasteiger partial charge in [0.05, 0.1) is 35.2 Å². The second kappa shape index (κ2) is 6.18. The molecule has 0 spiro atoms. The summed E-state index contributed by atoms with van der Waals surface area (Å²) in [4.78, 5) is 17.0. The van der Waals surface area contributed by atoms with Gasteiger partial charge in [0.2, 0.25) is 5.91 Å². The first-order chi connectivity index (χ1) is 10.5. The van der Waals surface area contributed by atoms with Gasteiger partial charge in [-0.1, -0.05) is 11.6 Å². The molecular weight excluding hydrogens is 304 g/mol. The lowest BCUT2D eigenvalue weighted by Crippen LogP contribution is -2.61. The van der Waals surface area contributed by atoms with Crippen LogP contribution in [0.2, 0.25) is 5.02 Å². The number of halogens is 1. The van der Waals surface area contributed by atoms with Gasteiger partial charge in [0, 0.05) is 19.6 Å². The Kier molecular flexibility index (Phi) is 4.43. The molecule has 0 saturated carbocycles. The van der Waals surface area contributed by atoms with Crippen LogP contribution in [-0.2, 0) is 16.1 Å². The lowest BCUT2D eigenvalue weighted by molar-refractivity contribution is -0.152. The van der Waals surface area contributed by atoms with E-state index in [0.29, 0.717) is 18.2 Å². The Labute approximate surface area is 136 Å². The predicted molar refractivity (Wildman–Crippen MR) is 84.1 cm³/mol. The van der Waals surface area contributed by atoms with E-state index in [1.807, 2.05) is 18.7 Å². The van der Waals surface area contributed by atoms with E-state index in [1.54, 1.807) is 4.68 Å². The summed E-state index contributed by atoms with van der Waals surface area (Å²) in [5.41, 5.74) is 1.61. The van der Waals surface area contributed by atoms with Gasteiger partial charge in [0.25, 0.3) is 0 Å². The van der Waals surface area contributed by atoms with Crippen molar-refractivity contribution >= 4 is 17.5 Å². The van der Waals surface area contributed by atoms with E-state index in [-0.39, 0.29) is 24.6 Å². The Morgan fingerprint density at radius 3 is 2.86 bits per heavy atom. The highest BCUT2D eigenvalue weighted by molar-refractivity contribution is 6.31. The molecule has 1 aromatic heterocycles. The maximum absolute atomic E-state index is 12.7. The molecular formula is C15H23ClN4O2. The van der Waals surface area contributed by atoms with Crippen LogP contribution in [0.25, 0.3) is 0 Å². The highest BCUT2D eigenvalue weighted by atomic mass is 35.5. The van der Waals surface area contributed by atoms with Gasteiger partial charge in [-0.3, -0.25) is 9.48 Å². The van der Waals surface area contributed by atoms with Crippen molar-refractivity contribution in [3.8, 4) is 0 Å². The van der Waals surface area contributed by atoms with Gasteiger partial charge < -0.3 is 14.5 Å². The maximum Gasteiger partial charge on any atom is 0.244 e. The quantitative estimate of drug-likeness (QED) is 0.816. The summed E-state index contributed by atoms with van der Waals surface area (Å²) in [5, 5.41) is 5.00. The molecule has 2 aliphatic rings. The first-order valence-corrected chi connectivity index (χ1v) is 8.14. The predicted octanol–water partition coefficient (Wildman–Crippen LogP) is 1.08. The third-order valence-electron chi connectivity index (χ3n) is 4.69. The summed E-state index contributed by atoms with van der Waals surface area (Å²) in [5.74, 6) is 0.0934. The Balaban J connectivity index is 1.74. The SMILES string of the molecule is Cc1nn(CC(=O)N2CCO[C@@H]3CCN(C)C[C@H]32)c(C)c1Cl. The second-order valence-corrected chi connectivity index (χ2v) is 6.64. The third-order valence-corrected chi connectivity index (χ3v) is 5.23. The van der Waals surface area contributed by atoms with Crippen LogP contribution in [0.3, 0.4) is 0 Å². The number of likely N-dealkylation sites (N-methyl/N-ethyl adjacent to an activating group) is 1. The Morgan fingerprint density at radius 1 is 1.41 bits per heavy atom. The number of carbonyl (C=O) groups is 1. The molecule has 0 radical (unpaired) electrons. The minimum absolute atomic E-state index is 0.0934. The summed E-state index contributed by atoms with van der Waals surface area (Å²) in [7, 11) is 2.09.